The van der Waals surface area contributed by atoms with Crippen molar-refractivity contribution in [1.82, 2.24) is 9.55 Å². The zero-order valence-electron chi connectivity index (χ0n) is 12.3. The minimum Gasteiger partial charge on any atom is -0.332 e. The third-order valence-electron chi connectivity index (χ3n) is 3.63. The number of hydrogen-bond acceptors (Lipinski definition) is 3. The molecule has 2 aromatic rings. The quantitative estimate of drug-likeness (QED) is 0.877. The molecule has 2 aromatic heterocycles. The molecule has 0 spiro atoms. The van der Waals surface area contributed by atoms with Gasteiger partial charge in [-0.05, 0) is 57.4 Å². The van der Waals surface area contributed by atoms with Crippen molar-refractivity contribution in [3.05, 3.63) is 30.1 Å². The molecule has 0 aliphatic rings. The number of nitrogens with two attached hydrogens (primary N) is 1. The van der Waals surface area contributed by atoms with Gasteiger partial charge >= 0.3 is 0 Å². The van der Waals surface area contributed by atoms with Crippen LogP contribution in [0.4, 0.5) is 0 Å². The maximum absolute atomic E-state index is 9.05. The van der Waals surface area contributed by atoms with Crippen molar-refractivity contribution in [3.63, 3.8) is 0 Å². The lowest BCUT2D eigenvalue weighted by molar-refractivity contribution is 0.417. The first kappa shape index (κ1) is 14.5. The maximum Gasteiger partial charge on any atom is 0.140 e. The van der Waals surface area contributed by atoms with E-state index >= 15 is 0 Å². The molecule has 0 fully saturated rings. The molecule has 4 nitrogen and oxygen atoms in total. The van der Waals surface area contributed by atoms with Gasteiger partial charge in [0.15, 0.2) is 0 Å². The summed E-state index contributed by atoms with van der Waals surface area (Å²) in [4.78, 5) is 4.48. The summed E-state index contributed by atoms with van der Waals surface area (Å²) in [7, 11) is 0. The van der Waals surface area contributed by atoms with Crippen LogP contribution in [0.2, 0.25) is 0 Å². The number of pyridine rings is 1. The lowest BCUT2D eigenvalue weighted by Gasteiger charge is -2.14. The van der Waals surface area contributed by atoms with E-state index in [9.17, 15) is 0 Å². The van der Waals surface area contributed by atoms with Gasteiger partial charge < -0.3 is 10.3 Å². The molecule has 0 aliphatic heterocycles. The average Bonchev–Trinajstić information content (AvgIpc) is 2.78. The third-order valence-corrected chi connectivity index (χ3v) is 3.63. The highest BCUT2D eigenvalue weighted by Gasteiger charge is 2.16. The topological polar surface area (TPSA) is 67.6 Å². The van der Waals surface area contributed by atoms with Gasteiger partial charge in [0, 0.05) is 24.3 Å². The van der Waals surface area contributed by atoms with E-state index < -0.39 is 0 Å². The van der Waals surface area contributed by atoms with Gasteiger partial charge in [-0.2, -0.15) is 5.26 Å². The van der Waals surface area contributed by atoms with E-state index in [1.165, 1.54) is 10.9 Å². The van der Waals surface area contributed by atoms with Crippen molar-refractivity contribution in [2.24, 2.45) is 11.1 Å². The molecule has 2 N–H and O–H groups in total. The maximum atomic E-state index is 9.05. The van der Waals surface area contributed by atoms with Crippen molar-refractivity contribution in [2.75, 3.05) is 6.54 Å². The summed E-state index contributed by atoms with van der Waals surface area (Å²) < 4.78 is 2.19. The smallest absolute Gasteiger partial charge is 0.140 e. The zero-order valence-corrected chi connectivity index (χ0v) is 12.3. The highest BCUT2D eigenvalue weighted by atomic mass is 15.0. The first-order valence-corrected chi connectivity index (χ1v) is 7.11. The molecule has 0 saturated carbocycles. The van der Waals surface area contributed by atoms with E-state index in [4.69, 9.17) is 11.0 Å². The summed E-state index contributed by atoms with van der Waals surface area (Å²) in [5.74, 6) is 0. The molecule has 106 valence electrons. The fourth-order valence-corrected chi connectivity index (χ4v) is 2.47. The van der Waals surface area contributed by atoms with Crippen LogP contribution in [-0.4, -0.2) is 16.1 Å². The summed E-state index contributed by atoms with van der Waals surface area (Å²) in [6, 6.07) is 6.41. The predicted molar refractivity (Wildman–Crippen MR) is 81.1 cm³/mol. The Balaban J connectivity index is 2.16. The van der Waals surface area contributed by atoms with Crippen molar-refractivity contribution in [2.45, 2.75) is 39.7 Å². The molecular weight excluding hydrogens is 248 g/mol. The summed E-state index contributed by atoms with van der Waals surface area (Å²) in [6.07, 6.45) is 6.72. The van der Waals surface area contributed by atoms with Gasteiger partial charge in [0.2, 0.25) is 0 Å². The first-order chi connectivity index (χ1) is 9.57. The Morgan fingerprint density at radius 1 is 1.45 bits per heavy atom. The van der Waals surface area contributed by atoms with Gasteiger partial charge in [-0.15, -0.1) is 0 Å². The summed E-state index contributed by atoms with van der Waals surface area (Å²) in [5.41, 5.74) is 7.70. The standard InChI is InChI=1S/C16H22N4/c1-16(2,12-18)7-4-10-20-11-13(6-8-17)14-5-3-9-19-15(14)20/h3,5,9,11H,4,6-8,10,17H2,1-2H3. The number of nitrogens with zero attached hydrogens (tertiary/aromatic N) is 3. The van der Waals surface area contributed by atoms with Crippen LogP contribution in [0.15, 0.2) is 24.5 Å². The van der Waals surface area contributed by atoms with Gasteiger partial charge in [0.1, 0.15) is 5.65 Å². The van der Waals surface area contributed by atoms with Crippen LogP contribution >= 0.6 is 0 Å². The molecule has 2 heterocycles. The highest BCUT2D eigenvalue weighted by Crippen LogP contribution is 2.24. The molecule has 0 radical (unpaired) electrons. The second kappa shape index (κ2) is 6.06. The molecule has 0 amide bonds. The zero-order chi connectivity index (χ0) is 14.6. The predicted octanol–water partition coefficient (Wildman–Crippen LogP) is 2.87. The van der Waals surface area contributed by atoms with Gasteiger partial charge in [-0.1, -0.05) is 0 Å². The molecule has 0 unspecified atom stereocenters. The molecule has 4 heteroatoms. The van der Waals surface area contributed by atoms with Crippen LogP contribution in [0.1, 0.15) is 32.3 Å². The number of aryl methyl sites for hydroxylation is 1. The lowest BCUT2D eigenvalue weighted by atomic mass is 9.90. The Morgan fingerprint density at radius 3 is 2.95 bits per heavy atom. The number of nitriles is 1. The number of aromatic nitrogens is 2. The van der Waals surface area contributed by atoms with E-state index in [-0.39, 0.29) is 5.41 Å². The number of hydrogen-bond donors (Lipinski definition) is 1. The van der Waals surface area contributed by atoms with Crippen molar-refractivity contribution in [3.8, 4) is 6.07 Å². The van der Waals surface area contributed by atoms with Crippen molar-refractivity contribution >= 4 is 11.0 Å². The Hall–Kier alpha value is -1.86. The van der Waals surface area contributed by atoms with E-state index in [2.05, 4.69) is 27.9 Å². The Bertz CT molecular complexity index is 619. The molecule has 0 atom stereocenters. The fraction of sp³-hybridized carbons (Fsp3) is 0.500. The van der Waals surface area contributed by atoms with Gasteiger partial charge in [0.25, 0.3) is 0 Å². The van der Waals surface area contributed by atoms with Gasteiger partial charge in [-0.3, -0.25) is 0 Å². The molecule has 0 aliphatic carbocycles. The summed E-state index contributed by atoms with van der Waals surface area (Å²) >= 11 is 0. The number of rotatable bonds is 6. The van der Waals surface area contributed by atoms with Crippen LogP contribution in [0, 0.1) is 16.7 Å². The lowest BCUT2D eigenvalue weighted by Crippen LogP contribution is -2.09. The summed E-state index contributed by atoms with van der Waals surface area (Å²) in [5, 5.41) is 10.2. The van der Waals surface area contributed by atoms with Gasteiger partial charge in [0.05, 0.1) is 11.5 Å². The van der Waals surface area contributed by atoms with Crippen LogP contribution in [0.5, 0.6) is 0 Å². The first-order valence-electron chi connectivity index (χ1n) is 7.11. The second-order valence-electron chi connectivity index (χ2n) is 5.86. The Kier molecular flexibility index (Phi) is 4.41. The second-order valence-corrected chi connectivity index (χ2v) is 5.86. The fourth-order valence-electron chi connectivity index (χ4n) is 2.47. The van der Waals surface area contributed by atoms with Crippen molar-refractivity contribution < 1.29 is 0 Å². The Morgan fingerprint density at radius 2 is 2.25 bits per heavy atom. The van der Waals surface area contributed by atoms with Crippen LogP contribution in [-0.2, 0) is 13.0 Å². The van der Waals surface area contributed by atoms with E-state index in [0.717, 1.165) is 31.5 Å². The van der Waals surface area contributed by atoms with Gasteiger partial charge in [-0.25, -0.2) is 4.98 Å². The minimum absolute atomic E-state index is 0.253. The highest BCUT2D eigenvalue weighted by molar-refractivity contribution is 5.80. The molecule has 2 rings (SSSR count). The third kappa shape index (κ3) is 3.17. The van der Waals surface area contributed by atoms with Crippen LogP contribution in [0.25, 0.3) is 11.0 Å². The molecular formula is C16H22N4. The minimum atomic E-state index is -0.253. The molecule has 20 heavy (non-hydrogen) atoms. The van der Waals surface area contributed by atoms with E-state index in [1.54, 1.807) is 0 Å². The molecule has 0 aromatic carbocycles. The van der Waals surface area contributed by atoms with E-state index in [1.807, 2.05) is 26.1 Å². The molecule has 0 bridgehead atoms. The van der Waals surface area contributed by atoms with Crippen LogP contribution < -0.4 is 5.73 Å². The number of fused-ring (bicyclic) bond motifs is 1. The normalized spacial score (nSPS) is 11.7. The average molecular weight is 270 g/mol. The Labute approximate surface area is 120 Å². The largest absolute Gasteiger partial charge is 0.332 e. The van der Waals surface area contributed by atoms with E-state index in [0.29, 0.717) is 6.54 Å². The van der Waals surface area contributed by atoms with Crippen molar-refractivity contribution in [1.29, 1.82) is 5.26 Å². The van der Waals surface area contributed by atoms with Crippen LogP contribution in [0.3, 0.4) is 0 Å². The SMILES string of the molecule is CC(C)(C#N)CCCn1cc(CCN)c2cccnc21. The molecule has 0 saturated heterocycles. The summed E-state index contributed by atoms with van der Waals surface area (Å²) in [6.45, 7) is 5.51. The monoisotopic (exact) mass is 270 g/mol.